The Morgan fingerprint density at radius 3 is 2.72 bits per heavy atom. The predicted octanol–water partition coefficient (Wildman–Crippen LogP) is 1.95. The van der Waals surface area contributed by atoms with Gasteiger partial charge in [-0.15, -0.1) is 0 Å². The van der Waals surface area contributed by atoms with Gasteiger partial charge < -0.3 is 9.84 Å². The monoisotopic (exact) mass is 249 g/mol. The second kappa shape index (κ2) is 5.73. The maximum Gasteiger partial charge on any atom is 0.228 e. The van der Waals surface area contributed by atoms with Crippen LogP contribution in [0.25, 0.3) is 0 Å². The summed E-state index contributed by atoms with van der Waals surface area (Å²) in [5.74, 6) is 1.00. The van der Waals surface area contributed by atoms with E-state index in [0.717, 1.165) is 5.56 Å². The predicted molar refractivity (Wildman–Crippen MR) is 65.7 cm³/mol. The summed E-state index contributed by atoms with van der Waals surface area (Å²) in [4.78, 5) is 4.30. The lowest BCUT2D eigenvalue weighted by molar-refractivity contribution is 0.361. The molecule has 0 saturated carbocycles. The average Bonchev–Trinajstić information content (AvgIpc) is 2.79. The van der Waals surface area contributed by atoms with Crippen LogP contribution in [0.1, 0.15) is 24.2 Å². The van der Waals surface area contributed by atoms with Gasteiger partial charge in [-0.25, -0.2) is 4.39 Å². The van der Waals surface area contributed by atoms with Crippen LogP contribution in [-0.4, -0.2) is 23.2 Å². The van der Waals surface area contributed by atoms with Crippen molar-refractivity contribution in [1.29, 1.82) is 0 Å². The Morgan fingerprint density at radius 2 is 2.06 bits per heavy atom. The Morgan fingerprint density at radius 1 is 1.33 bits per heavy atom. The Hall–Kier alpha value is -1.75. The zero-order chi connectivity index (χ0) is 13.0. The van der Waals surface area contributed by atoms with Crippen molar-refractivity contribution in [2.75, 3.05) is 7.05 Å². The standard InChI is InChI=1S/C13H16FN3O/c1-9(15-2)7-13-16-12(17-18-13)8-10-3-5-11(14)6-4-10/h3-6,9,15H,7-8H2,1-2H3. The lowest BCUT2D eigenvalue weighted by Crippen LogP contribution is -2.23. The summed E-state index contributed by atoms with van der Waals surface area (Å²) in [6.07, 6.45) is 1.25. The molecule has 0 saturated heterocycles. The molecule has 2 aromatic rings. The highest BCUT2D eigenvalue weighted by Gasteiger charge is 2.10. The number of hydrogen-bond donors (Lipinski definition) is 1. The highest BCUT2D eigenvalue weighted by atomic mass is 19.1. The van der Waals surface area contributed by atoms with E-state index >= 15 is 0 Å². The molecule has 1 aromatic heterocycles. The van der Waals surface area contributed by atoms with E-state index < -0.39 is 0 Å². The number of aromatic nitrogens is 2. The number of nitrogens with one attached hydrogen (secondary N) is 1. The van der Waals surface area contributed by atoms with Crippen molar-refractivity contribution < 1.29 is 8.91 Å². The maximum absolute atomic E-state index is 12.8. The fraction of sp³-hybridized carbons (Fsp3) is 0.385. The van der Waals surface area contributed by atoms with Crippen LogP contribution in [-0.2, 0) is 12.8 Å². The molecule has 18 heavy (non-hydrogen) atoms. The molecule has 0 radical (unpaired) electrons. The number of nitrogens with zero attached hydrogens (tertiary/aromatic N) is 2. The second-order valence-corrected chi connectivity index (χ2v) is 4.30. The number of benzene rings is 1. The molecule has 0 amide bonds. The van der Waals surface area contributed by atoms with Crippen LogP contribution in [0.4, 0.5) is 4.39 Å². The van der Waals surface area contributed by atoms with Crippen molar-refractivity contribution in [3.8, 4) is 0 Å². The zero-order valence-corrected chi connectivity index (χ0v) is 10.5. The average molecular weight is 249 g/mol. The molecule has 0 bridgehead atoms. The van der Waals surface area contributed by atoms with Crippen LogP contribution in [0.5, 0.6) is 0 Å². The van der Waals surface area contributed by atoms with E-state index in [9.17, 15) is 4.39 Å². The summed E-state index contributed by atoms with van der Waals surface area (Å²) in [5, 5.41) is 7.02. The molecule has 1 atom stereocenters. The third-order valence-corrected chi connectivity index (χ3v) is 2.76. The summed E-state index contributed by atoms with van der Waals surface area (Å²) in [5.41, 5.74) is 0.963. The fourth-order valence-corrected chi connectivity index (χ4v) is 1.59. The summed E-state index contributed by atoms with van der Waals surface area (Å²) in [6, 6.07) is 6.60. The van der Waals surface area contributed by atoms with Gasteiger partial charge in [0.1, 0.15) is 5.82 Å². The van der Waals surface area contributed by atoms with Gasteiger partial charge in [0.15, 0.2) is 5.82 Å². The van der Waals surface area contributed by atoms with Crippen molar-refractivity contribution in [1.82, 2.24) is 15.5 Å². The van der Waals surface area contributed by atoms with Crippen molar-refractivity contribution in [2.24, 2.45) is 0 Å². The number of likely N-dealkylation sites (N-methyl/N-ethyl adjacent to an activating group) is 1. The Bertz CT molecular complexity index is 495. The molecule has 5 heteroatoms. The van der Waals surface area contributed by atoms with Gasteiger partial charge in [0, 0.05) is 18.9 Å². The van der Waals surface area contributed by atoms with E-state index in [1.165, 1.54) is 12.1 Å². The minimum atomic E-state index is -0.240. The second-order valence-electron chi connectivity index (χ2n) is 4.30. The summed E-state index contributed by atoms with van der Waals surface area (Å²) in [6.45, 7) is 2.05. The third kappa shape index (κ3) is 3.37. The lowest BCUT2D eigenvalue weighted by Gasteiger charge is -2.04. The first kappa shape index (κ1) is 12.7. The molecule has 1 N–H and O–H groups in total. The van der Waals surface area contributed by atoms with Crippen molar-refractivity contribution in [3.63, 3.8) is 0 Å². The molecule has 1 aromatic carbocycles. The molecular weight excluding hydrogens is 233 g/mol. The Kier molecular flexibility index (Phi) is 4.04. The van der Waals surface area contributed by atoms with Crippen LogP contribution in [0.15, 0.2) is 28.8 Å². The maximum atomic E-state index is 12.8. The largest absolute Gasteiger partial charge is 0.339 e. The zero-order valence-electron chi connectivity index (χ0n) is 10.5. The summed E-state index contributed by atoms with van der Waals surface area (Å²) in [7, 11) is 1.89. The van der Waals surface area contributed by atoms with Crippen LogP contribution in [0.3, 0.4) is 0 Å². The van der Waals surface area contributed by atoms with E-state index in [0.29, 0.717) is 30.6 Å². The van der Waals surface area contributed by atoms with Gasteiger partial charge >= 0.3 is 0 Å². The molecule has 0 fully saturated rings. The number of halogens is 1. The molecule has 0 aliphatic rings. The van der Waals surface area contributed by atoms with Crippen molar-refractivity contribution in [2.45, 2.75) is 25.8 Å². The topological polar surface area (TPSA) is 51.0 Å². The smallest absolute Gasteiger partial charge is 0.228 e. The van der Waals surface area contributed by atoms with Gasteiger partial charge in [-0.3, -0.25) is 0 Å². The van der Waals surface area contributed by atoms with E-state index in [4.69, 9.17) is 4.52 Å². The molecule has 0 spiro atoms. The van der Waals surface area contributed by atoms with Gasteiger partial charge in [-0.1, -0.05) is 17.3 Å². The van der Waals surface area contributed by atoms with E-state index in [1.54, 1.807) is 12.1 Å². The number of rotatable bonds is 5. The van der Waals surface area contributed by atoms with Crippen LogP contribution < -0.4 is 5.32 Å². The van der Waals surface area contributed by atoms with Gasteiger partial charge in [0.2, 0.25) is 5.89 Å². The molecule has 1 unspecified atom stereocenters. The quantitative estimate of drug-likeness (QED) is 0.880. The van der Waals surface area contributed by atoms with Crippen molar-refractivity contribution >= 4 is 0 Å². The fourth-order valence-electron chi connectivity index (χ4n) is 1.59. The highest BCUT2D eigenvalue weighted by molar-refractivity contribution is 5.19. The minimum Gasteiger partial charge on any atom is -0.339 e. The van der Waals surface area contributed by atoms with Crippen LogP contribution in [0, 0.1) is 5.82 Å². The molecule has 4 nitrogen and oxygen atoms in total. The van der Waals surface area contributed by atoms with E-state index in [-0.39, 0.29) is 5.82 Å². The normalized spacial score (nSPS) is 12.6. The van der Waals surface area contributed by atoms with Crippen LogP contribution in [0.2, 0.25) is 0 Å². The molecule has 2 rings (SSSR count). The lowest BCUT2D eigenvalue weighted by atomic mass is 10.1. The van der Waals surface area contributed by atoms with Gasteiger partial charge in [-0.05, 0) is 31.7 Å². The summed E-state index contributed by atoms with van der Waals surface area (Å²) < 4.78 is 17.9. The SMILES string of the molecule is CNC(C)Cc1nc(Cc2ccc(F)cc2)no1. The first-order chi connectivity index (χ1) is 8.67. The first-order valence-electron chi connectivity index (χ1n) is 5.90. The van der Waals surface area contributed by atoms with Gasteiger partial charge in [0.05, 0.1) is 0 Å². The molecule has 1 heterocycles. The Labute approximate surface area is 105 Å². The molecule has 0 aliphatic heterocycles. The van der Waals surface area contributed by atoms with Gasteiger partial charge in [0.25, 0.3) is 0 Å². The summed E-state index contributed by atoms with van der Waals surface area (Å²) >= 11 is 0. The minimum absolute atomic E-state index is 0.240. The van der Waals surface area contributed by atoms with Crippen LogP contribution >= 0.6 is 0 Å². The first-order valence-corrected chi connectivity index (χ1v) is 5.90. The van der Waals surface area contributed by atoms with E-state index in [2.05, 4.69) is 15.5 Å². The van der Waals surface area contributed by atoms with Crippen molar-refractivity contribution in [3.05, 3.63) is 47.4 Å². The van der Waals surface area contributed by atoms with Gasteiger partial charge in [-0.2, -0.15) is 4.98 Å². The Balaban J connectivity index is 2.00. The third-order valence-electron chi connectivity index (χ3n) is 2.76. The molecule has 0 aliphatic carbocycles. The number of hydrogen-bond acceptors (Lipinski definition) is 4. The molecule has 96 valence electrons. The molecular formula is C13H16FN3O. The van der Waals surface area contributed by atoms with E-state index in [1.807, 2.05) is 14.0 Å². The highest BCUT2D eigenvalue weighted by Crippen LogP contribution is 2.09.